The second kappa shape index (κ2) is 53.8. The van der Waals surface area contributed by atoms with Gasteiger partial charge >= 0.3 is 0 Å². The normalized spacial score (nSPS) is 14.4. The number of nitrogens with one attached hydrogen (secondary N) is 1. The third-order valence-electron chi connectivity index (χ3n) is 13.4. The van der Waals surface area contributed by atoms with Crippen molar-refractivity contribution in [1.82, 2.24) is 5.32 Å². The van der Waals surface area contributed by atoms with E-state index in [1.54, 1.807) is 6.08 Å². The molecular weight excluding hydrogens is 912 g/mol. The molecule has 420 valence electrons. The lowest BCUT2D eigenvalue weighted by Crippen LogP contribution is -2.45. The Labute approximate surface area is 446 Å². The van der Waals surface area contributed by atoms with Crippen molar-refractivity contribution >= 4 is 13.7 Å². The second-order valence-electron chi connectivity index (χ2n) is 21.7. The molecule has 0 saturated carbocycles. The Kier molecular flexibility index (Phi) is 52.2. The number of likely N-dealkylation sites (N-methyl/N-ethyl adjacent to an activating group) is 1. The maximum Gasteiger partial charge on any atom is 0.268 e. The van der Waals surface area contributed by atoms with Gasteiger partial charge in [0.25, 0.3) is 7.82 Å². The zero-order chi connectivity index (χ0) is 52.7. The van der Waals surface area contributed by atoms with E-state index in [9.17, 15) is 19.4 Å². The first-order valence-corrected chi connectivity index (χ1v) is 31.8. The van der Waals surface area contributed by atoms with Crippen LogP contribution in [-0.2, 0) is 18.4 Å². The van der Waals surface area contributed by atoms with Gasteiger partial charge < -0.3 is 28.8 Å². The van der Waals surface area contributed by atoms with Crippen molar-refractivity contribution in [3.8, 4) is 0 Å². The summed E-state index contributed by atoms with van der Waals surface area (Å²) in [5, 5.41) is 13.9. The Morgan fingerprint density at radius 1 is 0.486 bits per heavy atom. The third kappa shape index (κ3) is 55.7. The molecule has 0 aromatic carbocycles. The highest BCUT2D eigenvalue weighted by atomic mass is 31.2. The van der Waals surface area contributed by atoms with Crippen LogP contribution in [0.15, 0.2) is 72.9 Å². The van der Waals surface area contributed by atoms with Gasteiger partial charge in [0.05, 0.1) is 39.9 Å². The van der Waals surface area contributed by atoms with E-state index < -0.39 is 26.6 Å². The minimum Gasteiger partial charge on any atom is -0.756 e. The van der Waals surface area contributed by atoms with Crippen molar-refractivity contribution < 1.29 is 32.9 Å². The molecule has 72 heavy (non-hydrogen) atoms. The number of hydrogen-bond donors (Lipinski definition) is 2. The molecule has 0 aliphatic carbocycles. The Balaban J connectivity index is 4.17. The number of aliphatic hydroxyl groups is 1. The predicted molar refractivity (Wildman–Crippen MR) is 311 cm³/mol. The van der Waals surface area contributed by atoms with Crippen molar-refractivity contribution in [3.63, 3.8) is 0 Å². The van der Waals surface area contributed by atoms with E-state index in [1.165, 1.54) is 193 Å². The van der Waals surface area contributed by atoms with Crippen molar-refractivity contribution in [2.24, 2.45) is 0 Å². The minimum absolute atomic E-state index is 0.0106. The first-order chi connectivity index (χ1) is 35.0. The average Bonchev–Trinajstić information content (AvgIpc) is 3.34. The molecule has 0 bridgehead atoms. The van der Waals surface area contributed by atoms with Crippen LogP contribution >= 0.6 is 7.82 Å². The first-order valence-electron chi connectivity index (χ1n) is 30.3. The van der Waals surface area contributed by atoms with Crippen molar-refractivity contribution in [2.45, 2.75) is 283 Å². The molecule has 0 aliphatic rings. The fourth-order valence-corrected chi connectivity index (χ4v) is 9.33. The number of allylic oxidation sites excluding steroid dienone is 11. The van der Waals surface area contributed by atoms with Crippen LogP contribution in [0.25, 0.3) is 0 Å². The van der Waals surface area contributed by atoms with Crippen molar-refractivity contribution in [1.29, 1.82) is 0 Å². The molecule has 8 nitrogen and oxygen atoms in total. The molecule has 0 aromatic rings. The smallest absolute Gasteiger partial charge is 0.268 e. The quantitative estimate of drug-likeness (QED) is 0.0272. The van der Waals surface area contributed by atoms with Crippen LogP contribution in [-0.4, -0.2) is 68.5 Å². The number of carbonyl (C=O) groups excluding carboxylic acids is 1. The number of rotatable bonds is 55. The van der Waals surface area contributed by atoms with Crippen LogP contribution in [0, 0.1) is 0 Å². The fourth-order valence-electron chi connectivity index (χ4n) is 8.60. The lowest BCUT2D eigenvalue weighted by molar-refractivity contribution is -0.870. The number of phosphoric acid groups is 1. The fraction of sp³-hybridized carbons (Fsp3) is 0.794. The molecule has 0 aromatic heterocycles. The van der Waals surface area contributed by atoms with E-state index in [0.29, 0.717) is 17.4 Å². The zero-order valence-corrected chi connectivity index (χ0v) is 48.8. The number of phosphoric ester groups is 1. The van der Waals surface area contributed by atoms with Gasteiger partial charge in [-0.05, 0) is 83.5 Å². The van der Waals surface area contributed by atoms with Gasteiger partial charge in [0.2, 0.25) is 5.91 Å². The molecule has 9 heteroatoms. The summed E-state index contributed by atoms with van der Waals surface area (Å²) in [4.78, 5) is 25.5. The van der Waals surface area contributed by atoms with Gasteiger partial charge in [-0.2, -0.15) is 0 Å². The largest absolute Gasteiger partial charge is 0.756 e. The van der Waals surface area contributed by atoms with Gasteiger partial charge in [0.15, 0.2) is 0 Å². The summed E-state index contributed by atoms with van der Waals surface area (Å²) < 4.78 is 23.3. The number of aliphatic hydroxyl groups excluding tert-OH is 1. The summed E-state index contributed by atoms with van der Waals surface area (Å²) in [6, 6.07) is -0.913. The van der Waals surface area contributed by atoms with Gasteiger partial charge in [-0.3, -0.25) is 9.36 Å². The zero-order valence-electron chi connectivity index (χ0n) is 47.9. The predicted octanol–water partition coefficient (Wildman–Crippen LogP) is 18.0. The summed E-state index contributed by atoms with van der Waals surface area (Å²) in [7, 11) is 1.23. The molecular formula is C63H117N2O6P. The summed E-state index contributed by atoms with van der Waals surface area (Å²) in [6.07, 6.45) is 74.2. The highest BCUT2D eigenvalue weighted by Crippen LogP contribution is 2.38. The molecule has 1 amide bonds. The van der Waals surface area contributed by atoms with Gasteiger partial charge in [-0.1, -0.05) is 254 Å². The van der Waals surface area contributed by atoms with Crippen LogP contribution in [0.2, 0.25) is 0 Å². The number of amides is 1. The van der Waals surface area contributed by atoms with Crippen LogP contribution < -0.4 is 10.2 Å². The lowest BCUT2D eigenvalue weighted by atomic mass is 10.0. The van der Waals surface area contributed by atoms with Gasteiger partial charge in [-0.25, -0.2) is 0 Å². The third-order valence-corrected chi connectivity index (χ3v) is 14.3. The van der Waals surface area contributed by atoms with Gasteiger partial charge in [0.1, 0.15) is 13.2 Å². The SMILES string of the molecule is CCCCCCC/C=C\C/C=C\C/C=C\CCCCCCCCCCCCCCCCCCC(=O)NC(COP(=O)([O-])OCC[N+](C)(C)C)C(O)/C=C/CC/C=C/CC/C=C/CCCCCCCCCCC. The highest BCUT2D eigenvalue weighted by Gasteiger charge is 2.23. The Morgan fingerprint density at radius 2 is 0.819 bits per heavy atom. The maximum absolute atomic E-state index is 13.0. The standard InChI is InChI=1S/C63H117N2O6P/c1-6-8-10-12-14-16-18-20-22-24-26-27-28-29-30-31-32-33-34-35-36-37-39-41-43-45-47-49-51-53-55-57-63(67)64-61(60-71-72(68,69)70-59-58-65(3,4)5)62(66)56-54-52-50-48-46-44-42-40-38-25-23-21-19-17-15-13-11-9-7-2/h18,20,24,26,28-29,38,40,46,48,54,56,61-62,66H,6-17,19,21-23,25,27,30-37,39,41-45,47,49-53,55,57-60H2,1-5H3,(H-,64,67,68,69)/b20-18-,26-24-,29-28-,40-38+,48-46+,56-54+. The number of quaternary nitrogens is 1. The monoisotopic (exact) mass is 1030 g/mol. The molecule has 2 N–H and O–H groups in total. The molecule has 0 fully saturated rings. The van der Waals surface area contributed by atoms with Crippen molar-refractivity contribution in [3.05, 3.63) is 72.9 Å². The molecule has 0 rings (SSSR count). The molecule has 0 heterocycles. The topological polar surface area (TPSA) is 108 Å². The van der Waals surface area contributed by atoms with Crippen LogP contribution in [0.4, 0.5) is 0 Å². The van der Waals surface area contributed by atoms with E-state index in [1.807, 2.05) is 27.2 Å². The molecule has 0 saturated heterocycles. The summed E-state index contributed by atoms with van der Waals surface area (Å²) in [6.45, 7) is 4.62. The van der Waals surface area contributed by atoms with Gasteiger partial charge in [0, 0.05) is 6.42 Å². The number of nitrogens with zero attached hydrogens (tertiary/aromatic N) is 1. The second-order valence-corrected chi connectivity index (χ2v) is 23.1. The first kappa shape index (κ1) is 69.9. The van der Waals surface area contributed by atoms with Gasteiger partial charge in [-0.15, -0.1) is 0 Å². The van der Waals surface area contributed by atoms with Crippen LogP contribution in [0.1, 0.15) is 271 Å². The molecule has 0 aliphatic heterocycles. The maximum atomic E-state index is 13.0. The number of carbonyl (C=O) groups is 1. The molecule has 3 atom stereocenters. The number of hydrogen-bond acceptors (Lipinski definition) is 6. The summed E-state index contributed by atoms with van der Waals surface area (Å²) >= 11 is 0. The minimum atomic E-state index is -4.61. The van der Waals surface area contributed by atoms with E-state index >= 15 is 0 Å². The molecule has 0 spiro atoms. The van der Waals surface area contributed by atoms with Crippen LogP contribution in [0.3, 0.4) is 0 Å². The Bertz CT molecular complexity index is 1400. The average molecular weight is 1030 g/mol. The molecule has 0 radical (unpaired) electrons. The molecule has 3 unspecified atom stereocenters. The van der Waals surface area contributed by atoms with E-state index in [4.69, 9.17) is 9.05 Å². The highest BCUT2D eigenvalue weighted by molar-refractivity contribution is 7.45. The lowest BCUT2D eigenvalue weighted by Gasteiger charge is -2.29. The van der Waals surface area contributed by atoms with Crippen LogP contribution in [0.5, 0.6) is 0 Å². The van der Waals surface area contributed by atoms with E-state index in [2.05, 4.69) is 79.9 Å². The van der Waals surface area contributed by atoms with E-state index in [-0.39, 0.29) is 12.5 Å². The summed E-state index contributed by atoms with van der Waals surface area (Å²) in [5.41, 5.74) is 0. The summed E-state index contributed by atoms with van der Waals surface area (Å²) in [5.74, 6) is -0.211. The Morgan fingerprint density at radius 3 is 1.22 bits per heavy atom. The Hall–Kier alpha value is -2.06. The number of unbranched alkanes of at least 4 members (excludes halogenated alkanes) is 32. The van der Waals surface area contributed by atoms with E-state index in [0.717, 1.165) is 57.8 Å². The van der Waals surface area contributed by atoms with Crippen molar-refractivity contribution in [2.75, 3.05) is 40.9 Å².